The van der Waals surface area contributed by atoms with Gasteiger partial charge in [0.2, 0.25) is 0 Å². The minimum Gasteiger partial charge on any atom is -0.377 e. The molecule has 1 atom stereocenters. The third-order valence-corrected chi connectivity index (χ3v) is 1.60. The van der Waals surface area contributed by atoms with Crippen molar-refractivity contribution in [2.24, 2.45) is 0 Å². The molecule has 0 aromatic heterocycles. The molecule has 0 rings (SSSR count). The molecule has 0 amide bonds. The number of hydrogen-bond acceptors (Lipinski definition) is 2. The van der Waals surface area contributed by atoms with E-state index in [4.69, 9.17) is 4.74 Å². The molecule has 0 bridgehead atoms. The molecule has 0 aromatic carbocycles. The van der Waals surface area contributed by atoms with Gasteiger partial charge >= 0.3 is 0 Å². The standard InChI is InChI=1S/C9H21NO/c1-4-6-9(8-10-3)11-7-5-2/h9-10H,4-8H2,1-3H3. The first-order valence-electron chi connectivity index (χ1n) is 4.61. The lowest BCUT2D eigenvalue weighted by Crippen LogP contribution is -2.26. The molecule has 0 heterocycles. The summed E-state index contributed by atoms with van der Waals surface area (Å²) in [6.07, 6.45) is 3.91. The molecule has 2 heteroatoms. The Morgan fingerprint density at radius 3 is 2.45 bits per heavy atom. The average molecular weight is 159 g/mol. The van der Waals surface area contributed by atoms with E-state index in [0.29, 0.717) is 6.10 Å². The maximum Gasteiger partial charge on any atom is 0.0699 e. The van der Waals surface area contributed by atoms with Crippen LogP contribution in [0.3, 0.4) is 0 Å². The zero-order valence-electron chi connectivity index (χ0n) is 8.02. The Bertz CT molecular complexity index is 70.0. The zero-order chi connectivity index (χ0) is 8.53. The molecule has 0 saturated heterocycles. The predicted molar refractivity (Wildman–Crippen MR) is 48.9 cm³/mol. The first-order chi connectivity index (χ1) is 5.35. The molecule has 11 heavy (non-hydrogen) atoms. The summed E-state index contributed by atoms with van der Waals surface area (Å²) in [5, 5.41) is 3.14. The van der Waals surface area contributed by atoms with Gasteiger partial charge < -0.3 is 10.1 Å². The van der Waals surface area contributed by atoms with Crippen molar-refractivity contribution in [1.29, 1.82) is 0 Å². The van der Waals surface area contributed by atoms with E-state index >= 15 is 0 Å². The van der Waals surface area contributed by atoms with Crippen molar-refractivity contribution >= 4 is 0 Å². The maximum atomic E-state index is 5.61. The highest BCUT2D eigenvalue weighted by atomic mass is 16.5. The highest BCUT2D eigenvalue weighted by molar-refractivity contribution is 4.58. The summed E-state index contributed by atoms with van der Waals surface area (Å²) in [4.78, 5) is 0. The number of nitrogens with one attached hydrogen (secondary N) is 1. The number of likely N-dealkylation sites (N-methyl/N-ethyl adjacent to an activating group) is 1. The molecule has 0 aliphatic carbocycles. The minimum atomic E-state index is 0.421. The van der Waals surface area contributed by atoms with Crippen molar-refractivity contribution in [3.05, 3.63) is 0 Å². The zero-order valence-corrected chi connectivity index (χ0v) is 8.02. The lowest BCUT2D eigenvalue weighted by Gasteiger charge is -2.15. The Balaban J connectivity index is 3.34. The van der Waals surface area contributed by atoms with Gasteiger partial charge in [-0.2, -0.15) is 0 Å². The van der Waals surface area contributed by atoms with Crippen LogP contribution in [0.2, 0.25) is 0 Å². The lowest BCUT2D eigenvalue weighted by molar-refractivity contribution is 0.0488. The van der Waals surface area contributed by atoms with Crippen LogP contribution in [-0.2, 0) is 4.74 Å². The van der Waals surface area contributed by atoms with Crippen LogP contribution in [0.4, 0.5) is 0 Å². The van der Waals surface area contributed by atoms with Crippen LogP contribution in [0, 0.1) is 0 Å². The topological polar surface area (TPSA) is 21.3 Å². The second-order valence-corrected chi connectivity index (χ2v) is 2.84. The summed E-state index contributed by atoms with van der Waals surface area (Å²) < 4.78 is 5.61. The Morgan fingerprint density at radius 2 is 2.00 bits per heavy atom. The summed E-state index contributed by atoms with van der Waals surface area (Å²) in [7, 11) is 1.97. The van der Waals surface area contributed by atoms with E-state index in [1.54, 1.807) is 0 Å². The van der Waals surface area contributed by atoms with Crippen LogP contribution in [0.5, 0.6) is 0 Å². The summed E-state index contributed by atoms with van der Waals surface area (Å²) in [5.74, 6) is 0. The number of rotatable bonds is 7. The van der Waals surface area contributed by atoms with E-state index in [0.717, 1.165) is 19.6 Å². The van der Waals surface area contributed by atoms with E-state index in [1.165, 1.54) is 12.8 Å². The molecule has 1 unspecified atom stereocenters. The predicted octanol–water partition coefficient (Wildman–Crippen LogP) is 1.80. The molecule has 0 aliphatic heterocycles. The van der Waals surface area contributed by atoms with Gasteiger partial charge in [-0.1, -0.05) is 20.3 Å². The summed E-state index contributed by atoms with van der Waals surface area (Å²) >= 11 is 0. The fourth-order valence-electron chi connectivity index (χ4n) is 1.08. The Morgan fingerprint density at radius 1 is 1.27 bits per heavy atom. The maximum absolute atomic E-state index is 5.61. The molecular weight excluding hydrogens is 138 g/mol. The van der Waals surface area contributed by atoms with Crippen LogP contribution in [0.15, 0.2) is 0 Å². The van der Waals surface area contributed by atoms with E-state index in [1.807, 2.05) is 7.05 Å². The normalized spacial score (nSPS) is 13.4. The van der Waals surface area contributed by atoms with Crippen molar-refractivity contribution in [2.75, 3.05) is 20.2 Å². The first-order valence-corrected chi connectivity index (χ1v) is 4.61. The Labute approximate surface area is 70.3 Å². The van der Waals surface area contributed by atoms with Gasteiger partial charge in [0.25, 0.3) is 0 Å². The van der Waals surface area contributed by atoms with Gasteiger partial charge in [-0.15, -0.1) is 0 Å². The minimum absolute atomic E-state index is 0.421. The van der Waals surface area contributed by atoms with Crippen LogP contribution in [0.25, 0.3) is 0 Å². The van der Waals surface area contributed by atoms with Crippen molar-refractivity contribution in [3.8, 4) is 0 Å². The molecular formula is C9H21NO. The highest BCUT2D eigenvalue weighted by Crippen LogP contribution is 2.01. The molecule has 68 valence electrons. The van der Waals surface area contributed by atoms with E-state index < -0.39 is 0 Å². The van der Waals surface area contributed by atoms with E-state index in [-0.39, 0.29) is 0 Å². The molecule has 0 spiro atoms. The molecule has 0 aromatic rings. The average Bonchev–Trinajstić information content (AvgIpc) is 2.01. The summed E-state index contributed by atoms with van der Waals surface area (Å²) in [5.41, 5.74) is 0. The second kappa shape index (κ2) is 8.02. The third-order valence-electron chi connectivity index (χ3n) is 1.60. The van der Waals surface area contributed by atoms with Crippen LogP contribution < -0.4 is 5.32 Å². The molecule has 0 radical (unpaired) electrons. The second-order valence-electron chi connectivity index (χ2n) is 2.84. The molecule has 1 N–H and O–H groups in total. The van der Waals surface area contributed by atoms with Gasteiger partial charge in [0, 0.05) is 13.2 Å². The van der Waals surface area contributed by atoms with Gasteiger partial charge in [0.15, 0.2) is 0 Å². The number of ether oxygens (including phenoxy) is 1. The van der Waals surface area contributed by atoms with Crippen molar-refractivity contribution < 1.29 is 4.74 Å². The smallest absolute Gasteiger partial charge is 0.0699 e. The van der Waals surface area contributed by atoms with Gasteiger partial charge in [-0.3, -0.25) is 0 Å². The quantitative estimate of drug-likeness (QED) is 0.611. The largest absolute Gasteiger partial charge is 0.377 e. The van der Waals surface area contributed by atoms with E-state index in [2.05, 4.69) is 19.2 Å². The van der Waals surface area contributed by atoms with Gasteiger partial charge in [0.1, 0.15) is 0 Å². The van der Waals surface area contributed by atoms with Gasteiger partial charge in [-0.25, -0.2) is 0 Å². The molecule has 0 aliphatic rings. The van der Waals surface area contributed by atoms with Crippen molar-refractivity contribution in [1.82, 2.24) is 5.32 Å². The summed E-state index contributed by atoms with van der Waals surface area (Å²) in [6, 6.07) is 0. The Hall–Kier alpha value is -0.0800. The first kappa shape index (κ1) is 10.9. The van der Waals surface area contributed by atoms with Crippen LogP contribution in [0.1, 0.15) is 33.1 Å². The van der Waals surface area contributed by atoms with Gasteiger partial charge in [0.05, 0.1) is 6.10 Å². The van der Waals surface area contributed by atoms with Gasteiger partial charge in [-0.05, 0) is 19.9 Å². The molecule has 2 nitrogen and oxygen atoms in total. The van der Waals surface area contributed by atoms with Crippen molar-refractivity contribution in [3.63, 3.8) is 0 Å². The van der Waals surface area contributed by atoms with Crippen LogP contribution in [-0.4, -0.2) is 26.3 Å². The number of hydrogen-bond donors (Lipinski definition) is 1. The monoisotopic (exact) mass is 159 g/mol. The SMILES string of the molecule is CCCOC(CCC)CNC. The van der Waals surface area contributed by atoms with Crippen LogP contribution >= 0.6 is 0 Å². The lowest BCUT2D eigenvalue weighted by atomic mass is 10.2. The molecule has 0 saturated carbocycles. The fourth-order valence-corrected chi connectivity index (χ4v) is 1.08. The Kier molecular flexibility index (Phi) is 7.96. The molecule has 0 fully saturated rings. The summed E-state index contributed by atoms with van der Waals surface area (Å²) in [6.45, 7) is 6.21. The highest BCUT2D eigenvalue weighted by Gasteiger charge is 2.04. The third kappa shape index (κ3) is 6.32. The van der Waals surface area contributed by atoms with Crippen molar-refractivity contribution in [2.45, 2.75) is 39.2 Å². The fraction of sp³-hybridized carbons (Fsp3) is 1.00. The van der Waals surface area contributed by atoms with E-state index in [9.17, 15) is 0 Å².